The zero-order valence-corrected chi connectivity index (χ0v) is 28.5. The van der Waals surface area contributed by atoms with E-state index in [1.807, 2.05) is 19.1 Å². The minimum atomic E-state index is -0.624. The van der Waals surface area contributed by atoms with Gasteiger partial charge in [-0.05, 0) is 66.6 Å². The van der Waals surface area contributed by atoms with Crippen LogP contribution in [-0.4, -0.2) is 44.8 Å². The fourth-order valence-electron chi connectivity index (χ4n) is 5.79. The van der Waals surface area contributed by atoms with Gasteiger partial charge in [-0.15, -0.1) is 11.3 Å². The molecule has 2 fully saturated rings. The van der Waals surface area contributed by atoms with Crippen LogP contribution < -0.4 is 4.90 Å². The lowest BCUT2D eigenvalue weighted by Gasteiger charge is -2.29. The number of anilines is 1. The highest BCUT2D eigenvalue weighted by Crippen LogP contribution is 2.44. The number of esters is 1. The van der Waals surface area contributed by atoms with E-state index in [0.717, 1.165) is 10.0 Å². The Bertz CT molecular complexity index is 1730. The maximum absolute atomic E-state index is 13.4. The van der Waals surface area contributed by atoms with Crippen molar-refractivity contribution in [1.82, 2.24) is 4.98 Å². The molecule has 3 heterocycles. The lowest BCUT2D eigenvalue weighted by Crippen LogP contribution is -2.34. The summed E-state index contributed by atoms with van der Waals surface area (Å²) in [4.78, 5) is 59.5. The summed E-state index contributed by atoms with van der Waals surface area (Å²) in [6, 6.07) is 16.0. The van der Waals surface area contributed by atoms with Gasteiger partial charge in [0.2, 0.25) is 17.6 Å². The quantitative estimate of drug-likeness (QED) is 0.0824. The molecule has 2 aromatic carbocycles. The Hall–Kier alpha value is -2.73. The van der Waals surface area contributed by atoms with Gasteiger partial charge in [0.15, 0.2) is 6.61 Å². The molecule has 7 nitrogen and oxygen atoms in total. The summed E-state index contributed by atoms with van der Waals surface area (Å²) in [5.41, 5.74) is 3.64. The van der Waals surface area contributed by atoms with Gasteiger partial charge in [-0.1, -0.05) is 72.9 Å². The van der Waals surface area contributed by atoms with Crippen molar-refractivity contribution < 1.29 is 23.9 Å². The largest absolute Gasteiger partial charge is 0.454 e. The van der Waals surface area contributed by atoms with Crippen molar-refractivity contribution >= 4 is 99.3 Å². The van der Waals surface area contributed by atoms with E-state index in [1.54, 1.807) is 47.8 Å². The van der Waals surface area contributed by atoms with Crippen molar-refractivity contribution in [2.75, 3.05) is 11.5 Å². The number of ether oxygens (including phenoxy) is 1. The predicted octanol–water partition coefficient (Wildman–Crippen LogP) is 7.75. The molecule has 1 aliphatic heterocycles. The number of carbonyl (C=O) groups excluding carboxylic acids is 4. The van der Waals surface area contributed by atoms with E-state index >= 15 is 0 Å². The monoisotopic (exact) mass is 786 g/mol. The van der Waals surface area contributed by atoms with Crippen LogP contribution >= 0.6 is 59.1 Å². The van der Waals surface area contributed by atoms with Crippen LogP contribution in [0.25, 0.3) is 22.2 Å². The number of hydrogen-bond acceptors (Lipinski definition) is 7. The number of pyridine rings is 1. The minimum Gasteiger partial charge on any atom is -0.454 e. The van der Waals surface area contributed by atoms with Crippen LogP contribution in [0.3, 0.4) is 0 Å². The van der Waals surface area contributed by atoms with Gasteiger partial charge in [0.05, 0.1) is 39.2 Å². The van der Waals surface area contributed by atoms with Crippen LogP contribution in [0, 0.1) is 11.8 Å². The number of ketones is 1. The Balaban J connectivity index is 1.33. The van der Waals surface area contributed by atoms with Crippen LogP contribution in [0.15, 0.2) is 64.5 Å². The van der Waals surface area contributed by atoms with Crippen molar-refractivity contribution in [2.45, 2.75) is 35.8 Å². The number of thiophene rings is 1. The van der Waals surface area contributed by atoms with Crippen LogP contribution in [0.2, 0.25) is 0 Å². The zero-order valence-electron chi connectivity index (χ0n) is 22.9. The molecule has 0 bridgehead atoms. The lowest BCUT2D eigenvalue weighted by molar-refractivity contribution is -0.122. The molecule has 220 valence electrons. The van der Waals surface area contributed by atoms with Crippen molar-refractivity contribution in [2.24, 2.45) is 11.8 Å². The molecule has 4 atom stereocenters. The first-order valence-electron chi connectivity index (χ1n) is 13.8. The van der Waals surface area contributed by atoms with E-state index < -0.39 is 5.97 Å². The van der Waals surface area contributed by atoms with Gasteiger partial charge in [0.25, 0.3) is 0 Å². The number of rotatable bonds is 7. The maximum atomic E-state index is 13.4. The number of amides is 2. The second-order valence-electron chi connectivity index (χ2n) is 10.6. The van der Waals surface area contributed by atoms with E-state index in [9.17, 15) is 19.2 Å². The fraction of sp³-hybridized carbons (Fsp3) is 0.281. The topological polar surface area (TPSA) is 93.6 Å². The maximum Gasteiger partial charge on any atom is 0.339 e. The van der Waals surface area contributed by atoms with Gasteiger partial charge in [0.1, 0.15) is 0 Å². The first kappa shape index (κ1) is 30.3. The molecular formula is C32H25Br3N2O5S. The Morgan fingerprint density at radius 1 is 1.00 bits per heavy atom. The number of fused-ring (bicyclic) bond motifs is 2. The number of aryl methyl sites for hydroxylation is 1. The third kappa shape index (κ3) is 5.77. The van der Waals surface area contributed by atoms with Gasteiger partial charge in [-0.25, -0.2) is 9.78 Å². The van der Waals surface area contributed by atoms with E-state index in [0.29, 0.717) is 57.6 Å². The van der Waals surface area contributed by atoms with E-state index in [1.165, 1.54) is 16.2 Å². The normalized spacial score (nSPS) is 21.7. The Morgan fingerprint density at radius 2 is 1.67 bits per heavy atom. The third-order valence-corrected chi connectivity index (χ3v) is 12.1. The predicted molar refractivity (Wildman–Crippen MR) is 177 cm³/mol. The number of hydrogen-bond donors (Lipinski definition) is 0. The molecular weight excluding hydrogens is 764 g/mol. The molecule has 6 rings (SSSR count). The molecule has 1 aliphatic carbocycles. The highest BCUT2D eigenvalue weighted by Gasteiger charge is 2.52. The first-order chi connectivity index (χ1) is 20.7. The number of carbonyl (C=O) groups is 4. The number of aromatic nitrogens is 1. The van der Waals surface area contributed by atoms with Crippen molar-refractivity contribution in [1.29, 1.82) is 0 Å². The molecule has 4 aromatic rings. The summed E-state index contributed by atoms with van der Waals surface area (Å²) >= 11 is 12.1. The van der Waals surface area contributed by atoms with Gasteiger partial charge in [-0.3, -0.25) is 19.3 Å². The molecule has 1 saturated carbocycles. The number of nitrogens with zero attached hydrogens (tertiary/aromatic N) is 2. The van der Waals surface area contributed by atoms with Crippen molar-refractivity contribution in [3.05, 3.63) is 80.5 Å². The molecule has 0 spiro atoms. The number of halogens is 3. The molecule has 0 N–H and O–H groups in total. The Labute approximate surface area is 277 Å². The average molecular weight is 789 g/mol. The number of Topliss-reactive ketones (excluding diaryl/α,β-unsaturated/α-hetero) is 1. The summed E-state index contributed by atoms with van der Waals surface area (Å²) < 4.78 is 6.29. The SMILES string of the molecule is CCc1cc(Br)cc2c(C(=O)OCC(=O)c3cccs3)cc(-c3ccc(N4C(=O)C5CC(Br)C(Br)CC5C4=O)cc3)nc12. The Kier molecular flexibility index (Phi) is 8.70. The molecule has 0 radical (unpaired) electrons. The van der Waals surface area contributed by atoms with E-state index in [4.69, 9.17) is 9.72 Å². The van der Waals surface area contributed by atoms with Crippen molar-refractivity contribution in [3.63, 3.8) is 0 Å². The summed E-state index contributed by atoms with van der Waals surface area (Å²) in [5.74, 6) is -1.90. The second kappa shape index (κ2) is 12.3. The van der Waals surface area contributed by atoms with Crippen LogP contribution in [0.4, 0.5) is 5.69 Å². The summed E-state index contributed by atoms with van der Waals surface area (Å²) in [5, 5.41) is 2.42. The second-order valence-corrected chi connectivity index (χ2v) is 14.8. The number of benzene rings is 2. The average Bonchev–Trinajstić information content (AvgIpc) is 3.62. The smallest absolute Gasteiger partial charge is 0.339 e. The standard InChI is InChI=1S/C32H25Br3N2O5S/c1-2-16-10-18(33)11-20-23(32(41)42-15-27(38)28-4-3-9-43-28)14-26(36-29(16)20)17-5-7-19(8-6-17)37-30(39)21-12-24(34)25(35)13-22(21)31(37)40/h3-11,14,21-22,24-25H,2,12-13,15H2,1H3. The highest BCUT2D eigenvalue weighted by atomic mass is 79.9. The summed E-state index contributed by atoms with van der Waals surface area (Å²) in [7, 11) is 0. The van der Waals surface area contributed by atoms with Gasteiger partial charge in [0, 0.05) is 25.1 Å². The van der Waals surface area contributed by atoms with Crippen LogP contribution in [-0.2, 0) is 20.7 Å². The molecule has 1 saturated heterocycles. The molecule has 2 aliphatic rings. The highest BCUT2D eigenvalue weighted by molar-refractivity contribution is 9.12. The number of imide groups is 1. The van der Waals surface area contributed by atoms with Gasteiger partial charge in [-0.2, -0.15) is 0 Å². The lowest BCUT2D eigenvalue weighted by atomic mass is 9.81. The minimum absolute atomic E-state index is 0.134. The van der Waals surface area contributed by atoms with Crippen molar-refractivity contribution in [3.8, 4) is 11.3 Å². The molecule has 11 heteroatoms. The Morgan fingerprint density at radius 3 is 2.28 bits per heavy atom. The number of alkyl halides is 2. The third-order valence-electron chi connectivity index (χ3n) is 8.02. The zero-order chi connectivity index (χ0) is 30.4. The summed E-state index contributed by atoms with van der Waals surface area (Å²) in [6.07, 6.45) is 1.89. The van der Waals surface area contributed by atoms with Crippen LogP contribution in [0.5, 0.6) is 0 Å². The molecule has 2 aromatic heterocycles. The van der Waals surface area contributed by atoms with Crippen LogP contribution in [0.1, 0.15) is 45.4 Å². The van der Waals surface area contributed by atoms with Gasteiger partial charge >= 0.3 is 5.97 Å². The molecule has 4 unspecified atom stereocenters. The molecule has 2 amide bonds. The summed E-state index contributed by atoms with van der Waals surface area (Å²) in [6.45, 7) is 1.65. The fourth-order valence-corrected chi connectivity index (χ4v) is 8.19. The van der Waals surface area contributed by atoms with Gasteiger partial charge < -0.3 is 4.74 Å². The first-order valence-corrected chi connectivity index (χ1v) is 17.3. The van der Waals surface area contributed by atoms with E-state index in [2.05, 4.69) is 47.8 Å². The molecule has 43 heavy (non-hydrogen) atoms. The van der Waals surface area contributed by atoms with E-state index in [-0.39, 0.29) is 45.7 Å².